The van der Waals surface area contributed by atoms with Gasteiger partial charge in [-0.25, -0.2) is 9.98 Å². The minimum Gasteiger partial charge on any atom is -0.454 e. The summed E-state index contributed by atoms with van der Waals surface area (Å²) in [5.74, 6) is 1.41. The Kier molecular flexibility index (Phi) is 7.98. The molecule has 1 unspecified atom stereocenters. The van der Waals surface area contributed by atoms with Gasteiger partial charge in [-0.3, -0.25) is 0 Å². The Bertz CT molecular complexity index is 4210. The van der Waals surface area contributed by atoms with E-state index in [9.17, 15) is 0 Å². The number of aromatic nitrogens is 1. The van der Waals surface area contributed by atoms with Crippen LogP contribution in [0.2, 0.25) is 0 Å². The van der Waals surface area contributed by atoms with Gasteiger partial charge >= 0.3 is 0 Å². The van der Waals surface area contributed by atoms with Crippen LogP contribution >= 0.6 is 0 Å². The fourth-order valence-electron chi connectivity index (χ4n) is 10.5. The Morgan fingerprint density at radius 3 is 1.95 bits per heavy atom. The number of furan rings is 1. The quantitative estimate of drug-likeness (QED) is 0.176. The predicted molar refractivity (Wildman–Crippen MR) is 275 cm³/mol. The van der Waals surface area contributed by atoms with Crippen molar-refractivity contribution in [3.05, 3.63) is 235 Å². The molecule has 5 heteroatoms. The molecule has 2 aromatic heterocycles. The first-order valence-corrected chi connectivity index (χ1v) is 22.5. The van der Waals surface area contributed by atoms with E-state index in [4.69, 9.17) is 14.4 Å². The van der Waals surface area contributed by atoms with Crippen molar-refractivity contribution < 1.29 is 4.42 Å². The molecule has 0 radical (unpaired) electrons. The lowest BCUT2D eigenvalue weighted by atomic mass is 9.96. The molecule has 1 aliphatic heterocycles. The van der Waals surface area contributed by atoms with Crippen molar-refractivity contribution in [1.29, 1.82) is 0 Å². The lowest BCUT2D eigenvalue weighted by molar-refractivity contribution is 0.666. The molecule has 0 aliphatic carbocycles. The molecule has 66 heavy (non-hydrogen) atoms. The molecule has 13 aromatic rings. The monoisotopic (exact) mass is 842 g/mol. The lowest BCUT2D eigenvalue weighted by Gasteiger charge is -2.25. The van der Waals surface area contributed by atoms with Crippen LogP contribution in [0, 0.1) is 0 Å². The Morgan fingerprint density at radius 1 is 0.424 bits per heavy atom. The number of amidine groups is 2. The van der Waals surface area contributed by atoms with Crippen molar-refractivity contribution in [2.24, 2.45) is 9.98 Å². The lowest BCUT2D eigenvalue weighted by Crippen LogP contribution is -2.33. The number of hydrogen-bond acceptors (Lipinski definition) is 4. The smallest absolute Gasteiger partial charge is 0.159 e. The second-order valence-corrected chi connectivity index (χ2v) is 17.3. The molecule has 11 aromatic carbocycles. The summed E-state index contributed by atoms with van der Waals surface area (Å²) in [6.07, 6.45) is -0.437. The van der Waals surface area contributed by atoms with Gasteiger partial charge in [-0.2, -0.15) is 0 Å². The fraction of sp³-hybridized carbons (Fsp3) is 0.0164. The number of hydrogen-bond donors (Lipinski definition) is 1. The summed E-state index contributed by atoms with van der Waals surface area (Å²) in [4.78, 5) is 11.1. The second-order valence-electron chi connectivity index (χ2n) is 17.3. The summed E-state index contributed by atoms with van der Waals surface area (Å²) >= 11 is 0. The third kappa shape index (κ3) is 5.66. The molecule has 0 spiro atoms. The van der Waals surface area contributed by atoms with Gasteiger partial charge in [0, 0.05) is 32.7 Å². The van der Waals surface area contributed by atoms with Gasteiger partial charge < -0.3 is 14.3 Å². The highest BCUT2D eigenvalue weighted by Crippen LogP contribution is 2.43. The van der Waals surface area contributed by atoms with E-state index in [1.54, 1.807) is 0 Å². The number of fused-ring (bicyclic) bond motifs is 12. The maximum Gasteiger partial charge on any atom is 0.159 e. The van der Waals surface area contributed by atoms with Gasteiger partial charge in [0.25, 0.3) is 0 Å². The maximum atomic E-state index is 6.94. The largest absolute Gasteiger partial charge is 0.454 e. The standard InChI is InChI=1S/C61H38N4O/c1-2-15-37(16-3-1)39-21-14-22-43(31-39)59-62-60(64-61(63-59)51-33-42-20-7-8-23-45(42)47-25-10-11-26-48(47)51)44-34-50-49-27-12-13-28-56(49)66-58(50)55(36-44)65-53-30-29-38-17-6-9-24-46(38)57(53)52-32-40-18-4-5-19-41(40)35-54(52)65/h1-36,59H,(H,62,63,64). The van der Waals surface area contributed by atoms with Crippen molar-refractivity contribution >= 4 is 98.5 Å². The van der Waals surface area contributed by atoms with Crippen LogP contribution in [0.4, 0.5) is 0 Å². The topological polar surface area (TPSA) is 54.8 Å². The van der Waals surface area contributed by atoms with Gasteiger partial charge in [-0.1, -0.05) is 170 Å². The van der Waals surface area contributed by atoms with Crippen LogP contribution in [-0.2, 0) is 0 Å². The number of benzene rings is 11. The molecule has 5 nitrogen and oxygen atoms in total. The Hall–Kier alpha value is -8.80. The predicted octanol–water partition coefficient (Wildman–Crippen LogP) is 15.5. The van der Waals surface area contributed by atoms with E-state index in [0.717, 1.165) is 83.1 Å². The average Bonchev–Trinajstić information content (AvgIpc) is 3.93. The number of rotatable bonds is 5. The Morgan fingerprint density at radius 2 is 1.11 bits per heavy atom. The molecule has 1 atom stereocenters. The number of nitrogens with zero attached hydrogens (tertiary/aromatic N) is 3. The molecule has 308 valence electrons. The molecule has 0 fully saturated rings. The molecule has 3 heterocycles. The molecule has 0 saturated carbocycles. The number of nitrogens with one attached hydrogen (secondary N) is 1. The number of para-hydroxylation sites is 1. The van der Waals surface area contributed by atoms with Crippen molar-refractivity contribution in [1.82, 2.24) is 9.88 Å². The van der Waals surface area contributed by atoms with Crippen molar-refractivity contribution in [2.75, 3.05) is 0 Å². The van der Waals surface area contributed by atoms with Gasteiger partial charge in [0.15, 0.2) is 11.4 Å². The molecular weight excluding hydrogens is 805 g/mol. The highest BCUT2D eigenvalue weighted by atomic mass is 16.3. The summed E-state index contributed by atoms with van der Waals surface area (Å²) in [6.45, 7) is 0. The van der Waals surface area contributed by atoms with Gasteiger partial charge in [0.2, 0.25) is 0 Å². The first-order valence-electron chi connectivity index (χ1n) is 22.5. The van der Waals surface area contributed by atoms with E-state index in [-0.39, 0.29) is 0 Å². The van der Waals surface area contributed by atoms with Gasteiger partial charge in [0.1, 0.15) is 17.6 Å². The summed E-state index contributed by atoms with van der Waals surface area (Å²) in [5, 5.41) is 17.8. The average molecular weight is 843 g/mol. The van der Waals surface area contributed by atoms with Crippen LogP contribution < -0.4 is 5.32 Å². The van der Waals surface area contributed by atoms with Crippen molar-refractivity contribution in [2.45, 2.75) is 6.17 Å². The van der Waals surface area contributed by atoms with Crippen molar-refractivity contribution in [3.8, 4) is 16.8 Å². The third-order valence-corrected chi connectivity index (χ3v) is 13.6. The Balaban J connectivity index is 1.07. The van der Waals surface area contributed by atoms with Crippen LogP contribution in [0.1, 0.15) is 22.9 Å². The number of aliphatic imine (C=N–C) groups is 2. The maximum absolute atomic E-state index is 6.94. The van der Waals surface area contributed by atoms with E-state index in [1.165, 1.54) is 43.1 Å². The van der Waals surface area contributed by atoms with Crippen LogP contribution in [0.25, 0.3) is 104 Å². The van der Waals surface area contributed by atoms with Gasteiger partial charge in [0.05, 0.1) is 16.7 Å². The normalized spacial score (nSPS) is 14.2. The molecule has 0 saturated heterocycles. The molecule has 14 rings (SSSR count). The van der Waals surface area contributed by atoms with Crippen LogP contribution in [0.5, 0.6) is 0 Å². The minimum atomic E-state index is -0.437. The summed E-state index contributed by atoms with van der Waals surface area (Å²) in [6, 6.07) is 78.1. The molecular formula is C61H38N4O. The second kappa shape index (κ2) is 14.4. The van der Waals surface area contributed by atoms with Crippen LogP contribution in [0.15, 0.2) is 233 Å². The third-order valence-electron chi connectivity index (χ3n) is 13.6. The van der Waals surface area contributed by atoms with Crippen molar-refractivity contribution in [3.63, 3.8) is 0 Å². The van der Waals surface area contributed by atoms with E-state index in [0.29, 0.717) is 5.84 Å². The summed E-state index contributed by atoms with van der Waals surface area (Å²) < 4.78 is 9.34. The zero-order valence-electron chi connectivity index (χ0n) is 35.6. The highest BCUT2D eigenvalue weighted by Gasteiger charge is 2.26. The van der Waals surface area contributed by atoms with Crippen LogP contribution in [-0.4, -0.2) is 16.2 Å². The molecule has 1 aliphatic rings. The fourth-order valence-corrected chi connectivity index (χ4v) is 10.5. The zero-order chi connectivity index (χ0) is 43.3. The van der Waals surface area contributed by atoms with E-state index < -0.39 is 6.17 Å². The van der Waals surface area contributed by atoms with Gasteiger partial charge in [-0.05, 0) is 108 Å². The first kappa shape index (κ1) is 36.7. The summed E-state index contributed by atoms with van der Waals surface area (Å²) in [7, 11) is 0. The van der Waals surface area contributed by atoms with Gasteiger partial charge in [-0.15, -0.1) is 0 Å². The molecule has 1 N–H and O–H groups in total. The van der Waals surface area contributed by atoms with E-state index >= 15 is 0 Å². The van der Waals surface area contributed by atoms with E-state index in [1.807, 2.05) is 6.07 Å². The molecule has 0 bridgehead atoms. The van der Waals surface area contributed by atoms with E-state index in [2.05, 4.69) is 222 Å². The highest BCUT2D eigenvalue weighted by molar-refractivity contribution is 6.25. The SMILES string of the molecule is c1ccc(-c2cccc(C3N=C(c4cc(-n5c6cc7ccccc7cc6c6c7ccccc7ccc65)c5oc6ccccc6c5c4)N=C(c4cc5ccccc5c5ccccc45)N3)c2)cc1. The first-order chi connectivity index (χ1) is 32.7. The van der Waals surface area contributed by atoms with Crippen LogP contribution in [0.3, 0.4) is 0 Å². The minimum absolute atomic E-state index is 0.437. The molecule has 0 amide bonds. The zero-order valence-corrected chi connectivity index (χ0v) is 35.6. The Labute approximate surface area is 379 Å². The summed E-state index contributed by atoms with van der Waals surface area (Å²) in [5.41, 5.74) is 10.0.